The van der Waals surface area contributed by atoms with E-state index in [1.54, 1.807) is 7.11 Å². The van der Waals surface area contributed by atoms with Crippen LogP contribution in [0.5, 0.6) is 5.75 Å². The fraction of sp³-hybridized carbons (Fsp3) is 0.364. The molecule has 2 heterocycles. The molecule has 2 aliphatic rings. The molecule has 1 aliphatic heterocycles. The van der Waals surface area contributed by atoms with Crippen molar-refractivity contribution in [3.63, 3.8) is 0 Å². The number of piperidine rings is 1. The van der Waals surface area contributed by atoms with Crippen molar-refractivity contribution in [2.75, 3.05) is 13.7 Å². The minimum atomic E-state index is 0.135. The number of ether oxygens (including phenoxy) is 1. The summed E-state index contributed by atoms with van der Waals surface area (Å²) >= 11 is 0. The Hall–Kier alpha value is -3.53. The Morgan fingerprint density at radius 3 is 2.65 bits per heavy atom. The highest BCUT2D eigenvalue weighted by Crippen LogP contribution is 2.42. The van der Waals surface area contributed by atoms with E-state index >= 15 is 0 Å². The number of methoxy groups -OCH3 is 1. The molecule has 190 valence electrons. The Bertz CT molecular complexity index is 1500. The van der Waals surface area contributed by atoms with Gasteiger partial charge in [0.1, 0.15) is 11.3 Å². The fourth-order valence-electron chi connectivity index (χ4n) is 6.78. The number of allylic oxidation sites excluding steroid dienone is 1. The van der Waals surface area contributed by atoms with Crippen molar-refractivity contribution in [2.45, 2.75) is 58.4 Å². The maximum Gasteiger partial charge on any atom is 0.247 e. The van der Waals surface area contributed by atoms with E-state index in [9.17, 15) is 4.79 Å². The van der Waals surface area contributed by atoms with Crippen LogP contribution in [0.2, 0.25) is 0 Å². The number of carbonyl (C=O) groups excluding carboxylic acids is 1. The number of likely N-dealkylation sites (tertiary alicyclic amines) is 1. The smallest absolute Gasteiger partial charge is 0.247 e. The summed E-state index contributed by atoms with van der Waals surface area (Å²) in [5.74, 6) is 1.57. The third-order valence-electron chi connectivity index (χ3n) is 8.62. The highest BCUT2D eigenvalue weighted by Gasteiger charge is 2.35. The van der Waals surface area contributed by atoms with Gasteiger partial charge in [0.2, 0.25) is 5.91 Å². The minimum absolute atomic E-state index is 0.135. The number of carbonyl (C=O) groups is 1. The molecule has 0 N–H and O–H groups in total. The zero-order valence-electron chi connectivity index (χ0n) is 22.0. The first-order valence-corrected chi connectivity index (χ1v) is 13.6. The van der Waals surface area contributed by atoms with Crippen molar-refractivity contribution in [3.8, 4) is 16.9 Å². The number of aryl methyl sites for hydroxylation is 1. The Morgan fingerprint density at radius 1 is 1.00 bits per heavy atom. The van der Waals surface area contributed by atoms with E-state index in [2.05, 4.69) is 53.4 Å². The number of nitrogens with zero attached hydrogens (tertiary/aromatic N) is 1. The first kappa shape index (κ1) is 23.8. The zero-order chi connectivity index (χ0) is 25.5. The predicted molar refractivity (Wildman–Crippen MR) is 151 cm³/mol. The average Bonchev–Trinajstić information content (AvgIpc) is 3.36. The Balaban J connectivity index is 1.43. The van der Waals surface area contributed by atoms with Crippen LogP contribution in [0.3, 0.4) is 0 Å². The molecular formula is C33H35NO3. The molecule has 1 saturated heterocycles. The molecule has 0 bridgehead atoms. The van der Waals surface area contributed by atoms with Crippen molar-refractivity contribution in [1.82, 2.24) is 4.90 Å². The third-order valence-corrected chi connectivity index (χ3v) is 8.62. The quantitative estimate of drug-likeness (QED) is 0.269. The van der Waals surface area contributed by atoms with E-state index in [0.29, 0.717) is 12.0 Å². The van der Waals surface area contributed by atoms with Gasteiger partial charge in [-0.05, 0) is 73.4 Å². The van der Waals surface area contributed by atoms with Gasteiger partial charge in [0.05, 0.1) is 13.4 Å². The molecule has 2 unspecified atom stereocenters. The zero-order valence-corrected chi connectivity index (χ0v) is 22.0. The Morgan fingerprint density at radius 2 is 1.78 bits per heavy atom. The molecule has 1 saturated carbocycles. The lowest BCUT2D eigenvalue weighted by atomic mass is 9.78. The summed E-state index contributed by atoms with van der Waals surface area (Å²) in [6.45, 7) is 4.93. The summed E-state index contributed by atoms with van der Waals surface area (Å²) in [6, 6.07) is 17.3. The van der Waals surface area contributed by atoms with Gasteiger partial charge in [-0.15, -0.1) is 0 Å². The molecule has 2 atom stereocenters. The summed E-state index contributed by atoms with van der Waals surface area (Å²) in [5.41, 5.74) is 5.84. The molecule has 37 heavy (non-hydrogen) atoms. The van der Waals surface area contributed by atoms with Gasteiger partial charge in [0.15, 0.2) is 0 Å². The maximum absolute atomic E-state index is 13.6. The summed E-state index contributed by atoms with van der Waals surface area (Å²) < 4.78 is 12.0. The molecule has 1 amide bonds. The molecule has 0 radical (unpaired) electrons. The molecular weight excluding hydrogens is 458 g/mol. The van der Waals surface area contributed by atoms with Gasteiger partial charge in [-0.25, -0.2) is 0 Å². The molecule has 1 aliphatic carbocycles. The lowest BCUT2D eigenvalue weighted by molar-refractivity contribution is -0.132. The maximum atomic E-state index is 13.6. The van der Waals surface area contributed by atoms with Crippen LogP contribution in [0.4, 0.5) is 0 Å². The molecule has 6 rings (SSSR count). The van der Waals surface area contributed by atoms with E-state index in [4.69, 9.17) is 9.15 Å². The van der Waals surface area contributed by atoms with Crippen LogP contribution < -0.4 is 4.74 Å². The molecule has 4 nitrogen and oxygen atoms in total. The number of amides is 1. The first-order chi connectivity index (χ1) is 18.1. The largest absolute Gasteiger partial charge is 0.496 e. The number of benzene rings is 3. The van der Waals surface area contributed by atoms with Crippen molar-refractivity contribution in [2.24, 2.45) is 5.92 Å². The highest BCUT2D eigenvalue weighted by molar-refractivity contribution is 6.07. The second-order valence-electron chi connectivity index (χ2n) is 10.7. The van der Waals surface area contributed by atoms with Gasteiger partial charge in [0.25, 0.3) is 0 Å². The van der Waals surface area contributed by atoms with Crippen LogP contribution >= 0.6 is 0 Å². The van der Waals surface area contributed by atoms with E-state index < -0.39 is 0 Å². The van der Waals surface area contributed by atoms with Crippen LogP contribution in [0, 0.1) is 12.8 Å². The number of hydrogen-bond donors (Lipinski definition) is 0. The fourth-order valence-corrected chi connectivity index (χ4v) is 6.78. The van der Waals surface area contributed by atoms with E-state index in [1.165, 1.54) is 36.5 Å². The standard InChI is InChI=1S/C33H35NO3/c1-21(18-31(35)34-17-9-13-24-11-5-7-16-30(24)34)27-19-28-29(20-37-33(28)22(2)32(27)36-3)26-15-8-12-23-10-4-6-14-25(23)26/h4,6,8,10,12,14-15,18-20,24,30H,5,7,9,11,13,16-17H2,1-3H3/b21-18+. The molecule has 4 heteroatoms. The third kappa shape index (κ3) is 4.13. The molecule has 1 aromatic heterocycles. The van der Waals surface area contributed by atoms with E-state index in [0.717, 1.165) is 63.9 Å². The van der Waals surface area contributed by atoms with Gasteiger partial charge >= 0.3 is 0 Å². The minimum Gasteiger partial charge on any atom is -0.496 e. The number of furan rings is 1. The monoisotopic (exact) mass is 493 g/mol. The Labute approximate surface area is 218 Å². The topological polar surface area (TPSA) is 42.7 Å². The second kappa shape index (κ2) is 9.74. The highest BCUT2D eigenvalue weighted by atomic mass is 16.5. The SMILES string of the molecule is COc1c(/C(C)=C/C(=O)N2CCCC3CCCCC32)cc2c(-c3cccc4ccccc34)coc2c1C. The molecule has 4 aromatic rings. The Kier molecular flexibility index (Phi) is 6.27. The normalized spacial score (nSPS) is 20.3. The average molecular weight is 494 g/mol. The molecule has 2 fully saturated rings. The van der Waals surface area contributed by atoms with Gasteiger partial charge in [-0.3, -0.25) is 4.79 Å². The van der Waals surface area contributed by atoms with E-state index in [1.807, 2.05) is 26.2 Å². The lowest BCUT2D eigenvalue weighted by Crippen LogP contribution is -2.49. The van der Waals surface area contributed by atoms with Crippen LogP contribution in [-0.2, 0) is 4.79 Å². The van der Waals surface area contributed by atoms with Crippen LogP contribution in [0.15, 0.2) is 65.3 Å². The predicted octanol–water partition coefficient (Wildman–Crippen LogP) is 8.15. The lowest BCUT2D eigenvalue weighted by Gasteiger charge is -2.43. The van der Waals surface area contributed by atoms with Crippen molar-refractivity contribution in [3.05, 3.63) is 72.0 Å². The van der Waals surface area contributed by atoms with Crippen molar-refractivity contribution in [1.29, 1.82) is 0 Å². The number of rotatable bonds is 4. The van der Waals surface area contributed by atoms with Gasteiger partial charge in [-0.1, -0.05) is 55.3 Å². The van der Waals surface area contributed by atoms with Crippen LogP contribution in [0.1, 0.15) is 56.6 Å². The van der Waals surface area contributed by atoms with Gasteiger partial charge in [-0.2, -0.15) is 0 Å². The number of fused-ring (bicyclic) bond motifs is 3. The summed E-state index contributed by atoms with van der Waals surface area (Å²) in [5, 5.41) is 3.43. The molecule has 3 aromatic carbocycles. The summed E-state index contributed by atoms with van der Waals surface area (Å²) in [7, 11) is 1.69. The van der Waals surface area contributed by atoms with Gasteiger partial charge in [0, 0.05) is 40.7 Å². The summed E-state index contributed by atoms with van der Waals surface area (Å²) in [6.07, 6.45) is 11.0. The van der Waals surface area contributed by atoms with Crippen LogP contribution in [-0.4, -0.2) is 30.5 Å². The second-order valence-corrected chi connectivity index (χ2v) is 10.7. The van der Waals surface area contributed by atoms with Crippen molar-refractivity contribution >= 4 is 33.2 Å². The number of hydrogen-bond acceptors (Lipinski definition) is 3. The summed E-state index contributed by atoms with van der Waals surface area (Å²) in [4.78, 5) is 15.7. The molecule has 0 spiro atoms. The van der Waals surface area contributed by atoms with Crippen LogP contribution in [0.25, 0.3) is 38.4 Å². The first-order valence-electron chi connectivity index (χ1n) is 13.6. The van der Waals surface area contributed by atoms with E-state index in [-0.39, 0.29) is 5.91 Å². The van der Waals surface area contributed by atoms with Gasteiger partial charge < -0.3 is 14.1 Å². The van der Waals surface area contributed by atoms with Crippen molar-refractivity contribution < 1.29 is 13.9 Å².